The van der Waals surface area contributed by atoms with Crippen molar-refractivity contribution in [1.29, 1.82) is 0 Å². The number of fused-ring (bicyclic) bond motifs is 1. The lowest BCUT2D eigenvalue weighted by atomic mass is 10.1. The summed E-state index contributed by atoms with van der Waals surface area (Å²) in [5.41, 5.74) is 2.24. The van der Waals surface area contributed by atoms with Gasteiger partial charge in [-0.15, -0.1) is 0 Å². The van der Waals surface area contributed by atoms with Crippen LogP contribution in [0, 0.1) is 0 Å². The smallest absolute Gasteiger partial charge is 0.239 e. The van der Waals surface area contributed by atoms with E-state index >= 15 is 0 Å². The first-order valence-electron chi connectivity index (χ1n) is 7.30. The Morgan fingerprint density at radius 2 is 2.04 bits per heavy atom. The normalized spacial score (nSPS) is 13.2. The van der Waals surface area contributed by atoms with Gasteiger partial charge in [0, 0.05) is 12.6 Å². The molecule has 0 saturated carbocycles. The number of benzene rings is 1. The van der Waals surface area contributed by atoms with E-state index in [1.54, 1.807) is 18.2 Å². The highest BCUT2D eigenvalue weighted by atomic mass is 35.5. The van der Waals surface area contributed by atoms with Gasteiger partial charge < -0.3 is 4.74 Å². The summed E-state index contributed by atoms with van der Waals surface area (Å²) in [5.74, 6) is -0.0844. The fraction of sp³-hybridized carbons (Fsp3) is 0.250. The van der Waals surface area contributed by atoms with E-state index < -0.39 is 15.9 Å². The van der Waals surface area contributed by atoms with Crippen LogP contribution in [-0.2, 0) is 33.4 Å². The van der Waals surface area contributed by atoms with Crippen LogP contribution < -0.4 is 9.46 Å². The molecule has 126 valence electrons. The lowest BCUT2D eigenvalue weighted by Crippen LogP contribution is -2.32. The van der Waals surface area contributed by atoms with E-state index in [9.17, 15) is 13.2 Å². The lowest BCUT2D eigenvalue weighted by Gasteiger charge is -2.08. The van der Waals surface area contributed by atoms with E-state index in [-0.39, 0.29) is 17.3 Å². The molecule has 0 aliphatic carbocycles. The van der Waals surface area contributed by atoms with Crippen molar-refractivity contribution in [3.63, 3.8) is 0 Å². The topological polar surface area (TPSA) is 85.4 Å². The van der Waals surface area contributed by atoms with Crippen molar-refractivity contribution in [3.8, 4) is 5.75 Å². The van der Waals surface area contributed by atoms with Crippen molar-refractivity contribution in [2.24, 2.45) is 0 Å². The SMILES string of the molecule is O=C(Cc1ccc2c(c1)CCO2)NS(=O)(=O)Cc1ccc(Cl)nc1. The second-order valence-corrected chi connectivity index (χ2v) is 7.60. The molecule has 0 spiro atoms. The summed E-state index contributed by atoms with van der Waals surface area (Å²) in [7, 11) is -3.79. The van der Waals surface area contributed by atoms with Gasteiger partial charge >= 0.3 is 0 Å². The maximum absolute atomic E-state index is 12.1. The molecule has 3 rings (SSSR count). The monoisotopic (exact) mass is 366 g/mol. The van der Waals surface area contributed by atoms with E-state index in [2.05, 4.69) is 9.71 Å². The predicted octanol–water partition coefficient (Wildman–Crippen LogP) is 1.86. The Labute approximate surface area is 144 Å². The number of carbonyl (C=O) groups excluding carboxylic acids is 1. The maximum atomic E-state index is 12.1. The van der Waals surface area contributed by atoms with E-state index in [4.69, 9.17) is 16.3 Å². The molecule has 1 aliphatic heterocycles. The Hall–Kier alpha value is -2.12. The van der Waals surface area contributed by atoms with Gasteiger partial charge in [0.1, 0.15) is 10.9 Å². The van der Waals surface area contributed by atoms with E-state index in [1.165, 1.54) is 12.3 Å². The first kappa shape index (κ1) is 16.7. The third kappa shape index (κ3) is 4.24. The number of amides is 1. The molecule has 24 heavy (non-hydrogen) atoms. The van der Waals surface area contributed by atoms with Crippen molar-refractivity contribution in [2.75, 3.05) is 6.61 Å². The zero-order chi connectivity index (χ0) is 17.2. The maximum Gasteiger partial charge on any atom is 0.239 e. The summed E-state index contributed by atoms with van der Waals surface area (Å²) in [6, 6.07) is 8.50. The molecule has 0 radical (unpaired) electrons. The molecule has 0 atom stereocenters. The molecular formula is C16H15ClN2O4S. The van der Waals surface area contributed by atoms with Crippen LogP contribution in [0.5, 0.6) is 5.75 Å². The number of nitrogens with one attached hydrogen (secondary N) is 1. The average Bonchev–Trinajstić information content (AvgIpc) is 2.96. The van der Waals surface area contributed by atoms with Crippen molar-refractivity contribution in [1.82, 2.24) is 9.71 Å². The standard InChI is InChI=1S/C16H15ClN2O4S/c17-15-4-2-12(9-18-15)10-24(21,22)19-16(20)8-11-1-3-14-13(7-11)5-6-23-14/h1-4,7,9H,5-6,8,10H2,(H,19,20). The van der Waals surface area contributed by atoms with Crippen LogP contribution in [0.1, 0.15) is 16.7 Å². The summed E-state index contributed by atoms with van der Waals surface area (Å²) < 4.78 is 31.6. The largest absolute Gasteiger partial charge is 0.493 e. The highest BCUT2D eigenvalue weighted by Crippen LogP contribution is 2.26. The molecule has 0 bridgehead atoms. The second kappa shape index (κ2) is 6.78. The van der Waals surface area contributed by atoms with Crippen molar-refractivity contribution in [3.05, 3.63) is 58.4 Å². The third-order valence-corrected chi connectivity index (χ3v) is 5.01. The summed E-state index contributed by atoms with van der Waals surface area (Å²) >= 11 is 5.66. The first-order valence-corrected chi connectivity index (χ1v) is 9.33. The third-order valence-electron chi connectivity index (χ3n) is 3.53. The number of aromatic nitrogens is 1. The number of halogens is 1. The van der Waals surface area contributed by atoms with Crippen molar-refractivity contribution >= 4 is 27.5 Å². The molecule has 0 saturated heterocycles. The number of pyridine rings is 1. The average molecular weight is 367 g/mol. The van der Waals surface area contributed by atoms with Gasteiger partial charge in [-0.25, -0.2) is 13.4 Å². The van der Waals surface area contributed by atoms with Crippen LogP contribution >= 0.6 is 11.6 Å². The molecule has 1 aromatic heterocycles. The van der Waals surface area contributed by atoms with E-state index in [1.807, 2.05) is 6.07 Å². The Balaban J connectivity index is 1.62. The quantitative estimate of drug-likeness (QED) is 0.816. The zero-order valence-electron chi connectivity index (χ0n) is 12.7. The van der Waals surface area contributed by atoms with Crippen LogP contribution in [-0.4, -0.2) is 25.9 Å². The van der Waals surface area contributed by atoms with Gasteiger partial charge in [0.25, 0.3) is 0 Å². The Bertz CT molecular complexity index is 866. The lowest BCUT2D eigenvalue weighted by molar-refractivity contribution is -0.118. The summed E-state index contributed by atoms with van der Waals surface area (Å²) in [6.07, 6.45) is 2.16. The van der Waals surface area contributed by atoms with Gasteiger partial charge in [0.2, 0.25) is 15.9 Å². The number of carbonyl (C=O) groups is 1. The molecule has 8 heteroatoms. The van der Waals surface area contributed by atoms with Crippen LogP contribution in [0.3, 0.4) is 0 Å². The molecule has 1 aliphatic rings. The van der Waals surface area contributed by atoms with Crippen molar-refractivity contribution in [2.45, 2.75) is 18.6 Å². The minimum Gasteiger partial charge on any atom is -0.493 e. The number of ether oxygens (including phenoxy) is 1. The molecule has 0 unspecified atom stereocenters. The molecule has 2 heterocycles. The molecule has 2 aromatic rings. The van der Waals surface area contributed by atoms with Crippen LogP contribution in [0.4, 0.5) is 0 Å². The van der Waals surface area contributed by atoms with Crippen LogP contribution in [0.2, 0.25) is 5.15 Å². The predicted molar refractivity (Wildman–Crippen MR) is 89.4 cm³/mol. The molecular weight excluding hydrogens is 352 g/mol. The zero-order valence-corrected chi connectivity index (χ0v) is 14.2. The number of hydrogen-bond donors (Lipinski definition) is 1. The Morgan fingerprint density at radius 3 is 2.79 bits per heavy atom. The summed E-state index contributed by atoms with van der Waals surface area (Å²) in [5, 5.41) is 0.278. The van der Waals surface area contributed by atoms with Crippen LogP contribution in [0.15, 0.2) is 36.5 Å². The van der Waals surface area contributed by atoms with Gasteiger partial charge in [0.15, 0.2) is 0 Å². The fourth-order valence-electron chi connectivity index (χ4n) is 2.49. The van der Waals surface area contributed by atoms with E-state index in [0.717, 1.165) is 23.3 Å². The molecule has 6 nitrogen and oxygen atoms in total. The van der Waals surface area contributed by atoms with Crippen molar-refractivity contribution < 1.29 is 17.9 Å². The molecule has 1 amide bonds. The number of rotatable bonds is 5. The summed E-state index contributed by atoms with van der Waals surface area (Å²) in [4.78, 5) is 15.8. The van der Waals surface area contributed by atoms with Gasteiger partial charge in [-0.3, -0.25) is 9.52 Å². The Kier molecular flexibility index (Phi) is 4.73. The molecule has 1 N–H and O–H groups in total. The van der Waals surface area contributed by atoms with Gasteiger partial charge in [0.05, 0.1) is 18.8 Å². The highest BCUT2D eigenvalue weighted by molar-refractivity contribution is 7.89. The number of hydrogen-bond acceptors (Lipinski definition) is 5. The minimum absolute atomic E-state index is 0.00855. The summed E-state index contributed by atoms with van der Waals surface area (Å²) in [6.45, 7) is 0.633. The van der Waals surface area contributed by atoms with Gasteiger partial charge in [-0.2, -0.15) is 0 Å². The molecule has 1 aromatic carbocycles. The fourth-order valence-corrected chi connectivity index (χ4v) is 3.70. The number of nitrogens with zero attached hydrogens (tertiary/aromatic N) is 1. The first-order chi connectivity index (χ1) is 11.4. The Morgan fingerprint density at radius 1 is 1.25 bits per heavy atom. The minimum atomic E-state index is -3.79. The second-order valence-electron chi connectivity index (χ2n) is 5.49. The van der Waals surface area contributed by atoms with Gasteiger partial charge in [-0.05, 0) is 28.8 Å². The van der Waals surface area contributed by atoms with Gasteiger partial charge in [-0.1, -0.05) is 29.8 Å². The highest BCUT2D eigenvalue weighted by Gasteiger charge is 2.18. The van der Waals surface area contributed by atoms with Crippen LogP contribution in [0.25, 0.3) is 0 Å². The molecule has 0 fully saturated rings. The number of sulfonamides is 1. The van der Waals surface area contributed by atoms with E-state index in [0.29, 0.717) is 12.2 Å².